The minimum atomic E-state index is -1.06. The molecule has 0 bridgehead atoms. The first-order chi connectivity index (χ1) is 13.4. The predicted molar refractivity (Wildman–Crippen MR) is 118 cm³/mol. The molecule has 0 spiro atoms. The van der Waals surface area contributed by atoms with Gasteiger partial charge < -0.3 is 25.5 Å². The molecule has 0 aromatic heterocycles. The van der Waals surface area contributed by atoms with Crippen LogP contribution in [0.5, 0.6) is 0 Å². The van der Waals surface area contributed by atoms with E-state index in [2.05, 4.69) is 20.8 Å². The Hall–Kier alpha value is -1.28. The van der Waals surface area contributed by atoms with Gasteiger partial charge in [-0.05, 0) is 37.0 Å². The fourth-order valence-electron chi connectivity index (χ4n) is 2.49. The van der Waals surface area contributed by atoms with Crippen molar-refractivity contribution in [2.45, 2.75) is 111 Å². The van der Waals surface area contributed by atoms with E-state index in [1.54, 1.807) is 6.08 Å². The van der Waals surface area contributed by atoms with Crippen molar-refractivity contribution in [2.75, 3.05) is 0 Å². The smallest absolute Gasteiger partial charge is 0.305 e. The number of carboxylic acids is 1. The van der Waals surface area contributed by atoms with Gasteiger partial charge >= 0.3 is 5.97 Å². The number of aliphatic hydroxyl groups excluding tert-OH is 4. The third-order valence-electron chi connectivity index (χ3n) is 4.04. The van der Waals surface area contributed by atoms with Crippen LogP contribution in [0, 0.1) is 10.8 Å². The zero-order valence-corrected chi connectivity index (χ0v) is 19.8. The van der Waals surface area contributed by atoms with Crippen LogP contribution in [0.15, 0.2) is 12.2 Å². The molecule has 0 radical (unpaired) electrons. The van der Waals surface area contributed by atoms with E-state index in [-0.39, 0.29) is 35.9 Å². The first-order valence-corrected chi connectivity index (χ1v) is 10.5. The Labute approximate surface area is 181 Å². The van der Waals surface area contributed by atoms with Crippen LogP contribution in [0.3, 0.4) is 0 Å². The number of carboxylic acid groups (broad SMARTS) is 1. The molecule has 0 aromatic carbocycles. The molecule has 4 atom stereocenters. The van der Waals surface area contributed by atoms with Crippen molar-refractivity contribution in [3.63, 3.8) is 0 Å². The van der Waals surface area contributed by atoms with Gasteiger partial charge in [-0.15, -0.1) is 0 Å². The van der Waals surface area contributed by atoms with Crippen molar-refractivity contribution in [1.29, 1.82) is 0 Å². The molecule has 0 unspecified atom stereocenters. The van der Waals surface area contributed by atoms with Crippen LogP contribution in [-0.2, 0) is 9.59 Å². The highest BCUT2D eigenvalue weighted by atomic mass is 16.4. The summed E-state index contributed by atoms with van der Waals surface area (Å²) < 4.78 is 0. The molecule has 0 rings (SSSR count). The number of carbonyl (C=O) groups is 2. The molecule has 7 heteroatoms. The molecule has 0 saturated carbocycles. The van der Waals surface area contributed by atoms with Gasteiger partial charge in [0.15, 0.2) is 0 Å². The van der Waals surface area contributed by atoms with Crippen LogP contribution >= 0.6 is 0 Å². The average molecular weight is 433 g/mol. The van der Waals surface area contributed by atoms with Gasteiger partial charge in [0.25, 0.3) is 0 Å². The summed E-state index contributed by atoms with van der Waals surface area (Å²) in [7, 11) is 0. The van der Waals surface area contributed by atoms with Crippen molar-refractivity contribution >= 4 is 11.8 Å². The summed E-state index contributed by atoms with van der Waals surface area (Å²) in [5.41, 5.74) is 0.172. The molecule has 30 heavy (non-hydrogen) atoms. The molecule has 0 aromatic rings. The number of rotatable bonds is 11. The summed E-state index contributed by atoms with van der Waals surface area (Å²) in [6.07, 6.45) is 2.20. The maximum atomic E-state index is 10.7. The monoisotopic (exact) mass is 432 g/mol. The van der Waals surface area contributed by atoms with Crippen LogP contribution in [0.1, 0.15) is 87.0 Å². The first-order valence-electron chi connectivity index (χ1n) is 10.5. The quantitative estimate of drug-likeness (QED) is 0.317. The van der Waals surface area contributed by atoms with Crippen LogP contribution in [0.4, 0.5) is 0 Å². The first kappa shape index (κ1) is 30.9. The van der Waals surface area contributed by atoms with Crippen LogP contribution < -0.4 is 0 Å². The van der Waals surface area contributed by atoms with Crippen molar-refractivity contribution in [3.8, 4) is 0 Å². The van der Waals surface area contributed by atoms with E-state index in [0.29, 0.717) is 12.8 Å². The number of aliphatic hydroxyl groups is 4. The molecular formula is C23H44O7. The second kappa shape index (κ2) is 14.7. The molecule has 0 fully saturated rings. The SMILES string of the molecule is CC(=O)C[C@H](O)C[C@H](O)CCC(C)(C)C.CC(C)(C)/C=C/[C@@H](O)C[C@@H](O)CC(=O)O. The number of Topliss-reactive ketones (excluding diaryl/α,β-unsaturated/α-hetero) is 1. The Morgan fingerprint density at radius 3 is 1.73 bits per heavy atom. The van der Waals surface area contributed by atoms with E-state index < -0.39 is 30.4 Å². The minimum absolute atomic E-state index is 0.0290. The molecule has 0 aliphatic carbocycles. The van der Waals surface area contributed by atoms with E-state index >= 15 is 0 Å². The molecular weight excluding hydrogens is 388 g/mol. The van der Waals surface area contributed by atoms with Gasteiger partial charge in [0.1, 0.15) is 5.78 Å². The highest BCUT2D eigenvalue weighted by molar-refractivity contribution is 5.75. The van der Waals surface area contributed by atoms with Gasteiger partial charge in [-0.3, -0.25) is 9.59 Å². The molecule has 0 amide bonds. The lowest BCUT2D eigenvalue weighted by Crippen LogP contribution is -2.21. The third-order valence-corrected chi connectivity index (χ3v) is 4.04. The Morgan fingerprint density at radius 1 is 0.833 bits per heavy atom. The normalized spacial score (nSPS) is 16.4. The topological polar surface area (TPSA) is 135 Å². The van der Waals surface area contributed by atoms with Crippen LogP contribution in [0.2, 0.25) is 0 Å². The van der Waals surface area contributed by atoms with E-state index in [1.165, 1.54) is 6.92 Å². The lowest BCUT2D eigenvalue weighted by molar-refractivity contribution is -0.139. The Balaban J connectivity index is 0. The molecule has 7 nitrogen and oxygen atoms in total. The number of ketones is 1. The summed E-state index contributed by atoms with van der Waals surface area (Å²) in [6, 6.07) is 0. The summed E-state index contributed by atoms with van der Waals surface area (Å²) >= 11 is 0. The number of hydrogen-bond donors (Lipinski definition) is 5. The second-order valence-corrected chi connectivity index (χ2v) is 10.3. The largest absolute Gasteiger partial charge is 0.481 e. The number of allylic oxidation sites excluding steroid dienone is 1. The maximum Gasteiger partial charge on any atom is 0.305 e. The summed E-state index contributed by atoms with van der Waals surface area (Å²) in [5.74, 6) is -1.10. The molecule has 178 valence electrons. The molecule has 0 aliphatic heterocycles. The zero-order chi connectivity index (χ0) is 24.1. The average Bonchev–Trinajstić information content (AvgIpc) is 2.48. The van der Waals surface area contributed by atoms with Gasteiger partial charge in [0.2, 0.25) is 0 Å². The number of aliphatic carboxylic acids is 1. The summed E-state index contributed by atoms with van der Waals surface area (Å²) in [5, 5.41) is 46.2. The Morgan fingerprint density at radius 2 is 1.33 bits per heavy atom. The van der Waals surface area contributed by atoms with Gasteiger partial charge in [0, 0.05) is 12.8 Å². The van der Waals surface area contributed by atoms with Crippen molar-refractivity contribution in [1.82, 2.24) is 0 Å². The van der Waals surface area contributed by atoms with Gasteiger partial charge in [-0.25, -0.2) is 0 Å². The highest BCUT2D eigenvalue weighted by Gasteiger charge is 2.17. The minimum Gasteiger partial charge on any atom is -0.481 e. The Kier molecular flexibility index (Phi) is 15.1. The van der Waals surface area contributed by atoms with E-state index in [0.717, 1.165) is 6.42 Å². The lowest BCUT2D eigenvalue weighted by atomic mass is 9.88. The summed E-state index contributed by atoms with van der Waals surface area (Å²) in [6.45, 7) is 13.8. The van der Waals surface area contributed by atoms with E-state index in [1.807, 2.05) is 26.8 Å². The molecule has 0 saturated heterocycles. The third kappa shape index (κ3) is 24.8. The standard InChI is InChI=1S/C12H24O3.C11H20O4/c1-9(13)7-11(15)8-10(14)5-6-12(2,3)4;1-11(2,3)5-4-8(12)6-9(13)7-10(14)15/h10-11,14-15H,5-8H2,1-4H3;4-5,8-9,12-13H,6-7H2,1-3H3,(H,14,15)/b;5-4+/t10-,11+;8-,9-/m11/s1. The number of carbonyl (C=O) groups excluding carboxylic acids is 1. The van der Waals surface area contributed by atoms with Gasteiger partial charge in [-0.2, -0.15) is 0 Å². The summed E-state index contributed by atoms with van der Waals surface area (Å²) in [4.78, 5) is 21.0. The van der Waals surface area contributed by atoms with Crippen LogP contribution in [-0.4, -0.2) is 61.7 Å². The van der Waals surface area contributed by atoms with Crippen molar-refractivity contribution in [3.05, 3.63) is 12.2 Å². The highest BCUT2D eigenvalue weighted by Crippen LogP contribution is 2.23. The van der Waals surface area contributed by atoms with Gasteiger partial charge in [0.05, 0.1) is 30.8 Å². The van der Waals surface area contributed by atoms with Crippen molar-refractivity contribution < 1.29 is 35.1 Å². The van der Waals surface area contributed by atoms with Gasteiger partial charge in [-0.1, -0.05) is 53.7 Å². The van der Waals surface area contributed by atoms with Crippen LogP contribution in [0.25, 0.3) is 0 Å². The Bertz CT molecular complexity index is 515. The molecule has 5 N–H and O–H groups in total. The molecule has 0 aliphatic rings. The fourth-order valence-corrected chi connectivity index (χ4v) is 2.49. The maximum absolute atomic E-state index is 10.7. The second-order valence-electron chi connectivity index (χ2n) is 10.3. The predicted octanol–water partition coefficient (Wildman–Crippen LogP) is 3.08. The lowest BCUT2D eigenvalue weighted by Gasteiger charge is -2.21. The van der Waals surface area contributed by atoms with Crippen molar-refractivity contribution in [2.24, 2.45) is 10.8 Å². The zero-order valence-electron chi connectivity index (χ0n) is 19.8. The molecule has 0 heterocycles. The number of hydrogen-bond acceptors (Lipinski definition) is 6. The fraction of sp³-hybridized carbons (Fsp3) is 0.826. The van der Waals surface area contributed by atoms with E-state index in [4.69, 9.17) is 5.11 Å². The van der Waals surface area contributed by atoms with E-state index in [9.17, 15) is 30.0 Å².